The normalized spacial score (nSPS) is 24.6. The molecule has 0 saturated carbocycles. The number of likely N-dealkylation sites (tertiary alicyclic amines) is 1. The van der Waals surface area contributed by atoms with E-state index in [0.29, 0.717) is 6.42 Å². The molecule has 128 valence electrons. The zero-order valence-corrected chi connectivity index (χ0v) is 14.0. The minimum absolute atomic E-state index is 0.0602. The topological polar surface area (TPSA) is 61.4 Å². The van der Waals surface area contributed by atoms with Crippen molar-refractivity contribution in [3.8, 4) is 0 Å². The van der Waals surface area contributed by atoms with Crippen LogP contribution in [0.25, 0.3) is 0 Å². The molecule has 0 aromatic heterocycles. The lowest BCUT2D eigenvalue weighted by Gasteiger charge is -2.34. The van der Waals surface area contributed by atoms with E-state index in [1.165, 1.54) is 6.42 Å². The Labute approximate surface area is 142 Å². The molecule has 2 fully saturated rings. The maximum atomic E-state index is 12.8. The molecule has 5 nitrogen and oxygen atoms in total. The van der Waals surface area contributed by atoms with E-state index in [4.69, 9.17) is 0 Å². The molecule has 0 aliphatic carbocycles. The monoisotopic (exact) mass is 327 g/mol. The van der Waals surface area contributed by atoms with E-state index in [0.717, 1.165) is 74.1 Å². The number of nitrogens with one attached hydrogen (secondary N) is 2. The molecule has 4 rings (SSSR count). The summed E-state index contributed by atoms with van der Waals surface area (Å²) in [6, 6.07) is 5.68. The van der Waals surface area contributed by atoms with Crippen molar-refractivity contribution in [3.05, 3.63) is 29.3 Å². The van der Waals surface area contributed by atoms with Crippen LogP contribution in [0, 0.1) is 11.8 Å². The van der Waals surface area contributed by atoms with Crippen LogP contribution in [0.1, 0.15) is 41.6 Å². The van der Waals surface area contributed by atoms with Gasteiger partial charge in [0.2, 0.25) is 5.91 Å². The molecule has 3 heterocycles. The SMILES string of the molecule is O=C1CCc2cc(C(=O)N3CCC(C4CCNC4)CC3)ccc2N1. The molecule has 2 amide bonds. The van der Waals surface area contributed by atoms with Gasteiger partial charge in [0.15, 0.2) is 0 Å². The van der Waals surface area contributed by atoms with Gasteiger partial charge in [-0.3, -0.25) is 9.59 Å². The summed E-state index contributed by atoms with van der Waals surface area (Å²) in [6.45, 7) is 4.03. The van der Waals surface area contributed by atoms with Crippen molar-refractivity contribution in [2.24, 2.45) is 11.8 Å². The quantitative estimate of drug-likeness (QED) is 0.874. The molecule has 3 aliphatic rings. The van der Waals surface area contributed by atoms with Crippen LogP contribution in [0.15, 0.2) is 18.2 Å². The van der Waals surface area contributed by atoms with Gasteiger partial charge in [-0.05, 0) is 74.4 Å². The molecule has 0 radical (unpaired) electrons. The molecule has 1 unspecified atom stereocenters. The minimum Gasteiger partial charge on any atom is -0.339 e. The predicted molar refractivity (Wildman–Crippen MR) is 93.0 cm³/mol. The van der Waals surface area contributed by atoms with Crippen molar-refractivity contribution in [1.82, 2.24) is 10.2 Å². The van der Waals surface area contributed by atoms with Gasteiger partial charge in [0.25, 0.3) is 5.91 Å². The number of aryl methyl sites for hydroxylation is 1. The standard InChI is InChI=1S/C19H25N3O2/c23-18-4-2-14-11-15(1-3-17(14)21-18)19(24)22-9-6-13(7-10-22)16-5-8-20-12-16/h1,3,11,13,16,20H,2,4-10,12H2,(H,21,23). The zero-order chi connectivity index (χ0) is 16.5. The number of carbonyl (C=O) groups is 2. The minimum atomic E-state index is 0.0602. The Morgan fingerprint density at radius 3 is 2.67 bits per heavy atom. The number of nitrogens with zero attached hydrogens (tertiary/aromatic N) is 1. The number of amides is 2. The Bertz CT molecular complexity index is 644. The first-order chi connectivity index (χ1) is 11.7. The summed E-state index contributed by atoms with van der Waals surface area (Å²) >= 11 is 0. The average Bonchev–Trinajstić information content (AvgIpc) is 3.15. The Balaban J connectivity index is 1.40. The second-order valence-corrected chi connectivity index (χ2v) is 7.30. The lowest BCUT2D eigenvalue weighted by molar-refractivity contribution is -0.116. The fraction of sp³-hybridized carbons (Fsp3) is 0.579. The molecular formula is C19H25N3O2. The van der Waals surface area contributed by atoms with E-state index in [1.54, 1.807) is 0 Å². The van der Waals surface area contributed by atoms with Crippen LogP contribution < -0.4 is 10.6 Å². The first kappa shape index (κ1) is 15.6. The van der Waals surface area contributed by atoms with Gasteiger partial charge in [0, 0.05) is 30.8 Å². The van der Waals surface area contributed by atoms with Gasteiger partial charge in [0.05, 0.1) is 0 Å². The number of benzene rings is 1. The van der Waals surface area contributed by atoms with Crippen LogP contribution in [0.4, 0.5) is 5.69 Å². The number of rotatable bonds is 2. The Hall–Kier alpha value is -1.88. The summed E-state index contributed by atoms with van der Waals surface area (Å²) in [4.78, 5) is 26.2. The second-order valence-electron chi connectivity index (χ2n) is 7.30. The van der Waals surface area contributed by atoms with Crippen molar-refractivity contribution in [1.29, 1.82) is 0 Å². The van der Waals surface area contributed by atoms with E-state index in [1.807, 2.05) is 23.1 Å². The van der Waals surface area contributed by atoms with Crippen LogP contribution in [0.3, 0.4) is 0 Å². The number of anilines is 1. The van der Waals surface area contributed by atoms with E-state index >= 15 is 0 Å². The Morgan fingerprint density at radius 2 is 1.92 bits per heavy atom. The first-order valence-electron chi connectivity index (χ1n) is 9.13. The maximum absolute atomic E-state index is 12.8. The van der Waals surface area contributed by atoms with E-state index < -0.39 is 0 Å². The summed E-state index contributed by atoms with van der Waals surface area (Å²) in [5.74, 6) is 1.76. The summed E-state index contributed by atoms with van der Waals surface area (Å²) in [5, 5.41) is 6.32. The lowest BCUT2D eigenvalue weighted by atomic mass is 9.83. The fourth-order valence-corrected chi connectivity index (χ4v) is 4.35. The third-order valence-electron chi connectivity index (χ3n) is 5.84. The first-order valence-corrected chi connectivity index (χ1v) is 9.13. The van der Waals surface area contributed by atoms with Crippen LogP contribution in [0.5, 0.6) is 0 Å². The molecule has 1 aromatic carbocycles. The largest absolute Gasteiger partial charge is 0.339 e. The molecule has 3 aliphatic heterocycles. The third kappa shape index (κ3) is 3.05. The van der Waals surface area contributed by atoms with E-state index in [9.17, 15) is 9.59 Å². The fourth-order valence-electron chi connectivity index (χ4n) is 4.35. The highest BCUT2D eigenvalue weighted by atomic mass is 16.2. The van der Waals surface area contributed by atoms with Gasteiger partial charge in [-0.15, -0.1) is 0 Å². The highest BCUT2D eigenvalue weighted by molar-refractivity contribution is 5.98. The smallest absolute Gasteiger partial charge is 0.253 e. The van der Waals surface area contributed by atoms with Crippen molar-refractivity contribution in [3.63, 3.8) is 0 Å². The molecule has 0 spiro atoms. The molecule has 1 atom stereocenters. The van der Waals surface area contributed by atoms with Gasteiger partial charge in [-0.2, -0.15) is 0 Å². The lowest BCUT2D eigenvalue weighted by Crippen LogP contribution is -2.40. The molecular weight excluding hydrogens is 302 g/mol. The van der Waals surface area contributed by atoms with Crippen LogP contribution in [-0.4, -0.2) is 42.9 Å². The zero-order valence-electron chi connectivity index (χ0n) is 14.0. The number of hydrogen-bond acceptors (Lipinski definition) is 3. The van der Waals surface area contributed by atoms with Gasteiger partial charge >= 0.3 is 0 Å². The van der Waals surface area contributed by atoms with Crippen molar-refractivity contribution in [2.75, 3.05) is 31.5 Å². The molecule has 1 aromatic rings. The number of piperidine rings is 1. The van der Waals surface area contributed by atoms with Crippen LogP contribution in [-0.2, 0) is 11.2 Å². The second kappa shape index (κ2) is 6.55. The van der Waals surface area contributed by atoms with Crippen LogP contribution in [0.2, 0.25) is 0 Å². The van der Waals surface area contributed by atoms with Crippen LogP contribution >= 0.6 is 0 Å². The summed E-state index contributed by atoms with van der Waals surface area (Å²) in [5.41, 5.74) is 2.69. The predicted octanol–water partition coefficient (Wildman–Crippen LogP) is 2.03. The van der Waals surface area contributed by atoms with Crippen molar-refractivity contribution < 1.29 is 9.59 Å². The number of fused-ring (bicyclic) bond motifs is 1. The van der Waals surface area contributed by atoms with Crippen molar-refractivity contribution >= 4 is 17.5 Å². The average molecular weight is 327 g/mol. The molecule has 5 heteroatoms. The number of carbonyl (C=O) groups excluding carboxylic acids is 2. The Morgan fingerprint density at radius 1 is 1.08 bits per heavy atom. The molecule has 24 heavy (non-hydrogen) atoms. The van der Waals surface area contributed by atoms with Crippen molar-refractivity contribution in [2.45, 2.75) is 32.1 Å². The van der Waals surface area contributed by atoms with Gasteiger partial charge in [0.1, 0.15) is 0 Å². The third-order valence-corrected chi connectivity index (χ3v) is 5.84. The van der Waals surface area contributed by atoms with E-state index in [-0.39, 0.29) is 11.8 Å². The number of hydrogen-bond donors (Lipinski definition) is 2. The molecule has 2 saturated heterocycles. The summed E-state index contributed by atoms with van der Waals surface area (Å²) in [6.07, 6.45) is 4.76. The molecule has 2 N–H and O–H groups in total. The van der Waals surface area contributed by atoms with Gasteiger partial charge < -0.3 is 15.5 Å². The maximum Gasteiger partial charge on any atom is 0.253 e. The van der Waals surface area contributed by atoms with Gasteiger partial charge in [-0.25, -0.2) is 0 Å². The molecule has 0 bridgehead atoms. The summed E-state index contributed by atoms with van der Waals surface area (Å²) in [7, 11) is 0. The van der Waals surface area contributed by atoms with Gasteiger partial charge in [-0.1, -0.05) is 0 Å². The summed E-state index contributed by atoms with van der Waals surface area (Å²) < 4.78 is 0. The highest BCUT2D eigenvalue weighted by Crippen LogP contribution is 2.30. The van der Waals surface area contributed by atoms with E-state index in [2.05, 4.69) is 10.6 Å². The highest BCUT2D eigenvalue weighted by Gasteiger charge is 2.30. The Kier molecular flexibility index (Phi) is 4.27.